The van der Waals surface area contributed by atoms with Gasteiger partial charge in [-0.2, -0.15) is 0 Å². The Morgan fingerprint density at radius 1 is 0.362 bits per heavy atom. The molecule has 1 aliphatic rings. The second-order valence-corrected chi connectivity index (χ2v) is 19.3. The number of benzene rings is 11. The molecule has 0 bridgehead atoms. The Hall–Kier alpha value is -8.86. The van der Waals surface area contributed by atoms with Crippen molar-refractivity contribution in [1.82, 2.24) is 19.1 Å². The van der Waals surface area contributed by atoms with E-state index >= 15 is 0 Å². The molecule has 0 spiro atoms. The van der Waals surface area contributed by atoms with Crippen molar-refractivity contribution in [3.63, 3.8) is 0 Å². The van der Waals surface area contributed by atoms with Crippen LogP contribution >= 0.6 is 0 Å². The highest BCUT2D eigenvalue weighted by atomic mass is 15.0. The monoisotopic (exact) mass is 878 g/mol. The fraction of sp³-hybridized carbons (Fsp3) is 0.0462. The molecule has 4 heteroatoms. The smallest absolute Gasteiger partial charge is 0.160 e. The lowest BCUT2D eigenvalue weighted by Gasteiger charge is -2.22. The van der Waals surface area contributed by atoms with Crippen LogP contribution in [0.1, 0.15) is 25.0 Å². The first-order valence-corrected chi connectivity index (χ1v) is 23.9. The van der Waals surface area contributed by atoms with E-state index in [1.165, 1.54) is 87.4 Å². The summed E-state index contributed by atoms with van der Waals surface area (Å²) in [5.41, 5.74) is 16.2. The molecule has 3 aromatic heterocycles. The molecule has 0 aliphatic heterocycles. The molecule has 0 amide bonds. The van der Waals surface area contributed by atoms with Crippen LogP contribution < -0.4 is 0 Å². The van der Waals surface area contributed by atoms with E-state index < -0.39 is 0 Å². The molecule has 1 aliphatic carbocycles. The molecule has 4 nitrogen and oxygen atoms in total. The number of nitrogens with zero attached hydrogens (tertiary/aromatic N) is 4. The minimum absolute atomic E-state index is 0.126. The highest BCUT2D eigenvalue weighted by Crippen LogP contribution is 2.50. The van der Waals surface area contributed by atoms with Gasteiger partial charge in [-0.05, 0) is 110 Å². The molecule has 0 N–H and O–H groups in total. The number of fused-ring (bicyclic) bond motifs is 14. The average Bonchev–Trinajstić information content (AvgIpc) is 3.99. The van der Waals surface area contributed by atoms with Gasteiger partial charge in [0.05, 0.1) is 39.0 Å². The van der Waals surface area contributed by atoms with Crippen LogP contribution in [0.3, 0.4) is 0 Å². The normalized spacial score (nSPS) is 13.2. The zero-order chi connectivity index (χ0) is 45.5. The van der Waals surface area contributed by atoms with Crippen molar-refractivity contribution in [1.29, 1.82) is 0 Å². The topological polar surface area (TPSA) is 35.6 Å². The molecule has 11 aromatic carbocycles. The van der Waals surface area contributed by atoms with Crippen molar-refractivity contribution < 1.29 is 0 Å². The SMILES string of the molecule is CC1(C)c2ccccc2-c2ccc(-c3nc(-c4ccc(-n5c6ccccc6c6cc7cc(-n8c9ccccc9c9c%10ccccc%10ccc98)ccc7cc65)c5ccccc45)c4ccccc4n3)cc21. The summed E-state index contributed by atoms with van der Waals surface area (Å²) in [4.78, 5) is 10.7. The number of hydrogen-bond acceptors (Lipinski definition) is 2. The van der Waals surface area contributed by atoms with E-state index in [1.54, 1.807) is 0 Å². The van der Waals surface area contributed by atoms with Gasteiger partial charge in [0, 0.05) is 54.5 Å². The van der Waals surface area contributed by atoms with E-state index in [-0.39, 0.29) is 5.41 Å². The third-order valence-electron chi connectivity index (χ3n) is 15.3. The lowest BCUT2D eigenvalue weighted by molar-refractivity contribution is 0.660. The van der Waals surface area contributed by atoms with Gasteiger partial charge >= 0.3 is 0 Å². The summed E-state index contributed by atoms with van der Waals surface area (Å²) in [5.74, 6) is 0.732. The summed E-state index contributed by atoms with van der Waals surface area (Å²) in [6.45, 7) is 4.65. The summed E-state index contributed by atoms with van der Waals surface area (Å²) >= 11 is 0. The van der Waals surface area contributed by atoms with Crippen molar-refractivity contribution in [3.05, 3.63) is 230 Å². The van der Waals surface area contributed by atoms with Crippen molar-refractivity contribution in [2.45, 2.75) is 19.3 Å². The highest BCUT2D eigenvalue weighted by molar-refractivity contribution is 6.22. The fourth-order valence-electron chi connectivity index (χ4n) is 12.1. The largest absolute Gasteiger partial charge is 0.309 e. The number of aromatic nitrogens is 4. The molecule has 3 heterocycles. The summed E-state index contributed by atoms with van der Waals surface area (Å²) in [5, 5.41) is 13.3. The van der Waals surface area contributed by atoms with Crippen molar-refractivity contribution in [2.75, 3.05) is 0 Å². The molecule has 14 aromatic rings. The molecule has 0 atom stereocenters. The summed E-state index contributed by atoms with van der Waals surface area (Å²) in [6.07, 6.45) is 0. The Labute approximate surface area is 398 Å². The second-order valence-electron chi connectivity index (χ2n) is 19.3. The van der Waals surface area contributed by atoms with Gasteiger partial charge in [0.25, 0.3) is 0 Å². The maximum atomic E-state index is 5.49. The summed E-state index contributed by atoms with van der Waals surface area (Å²) in [6, 6.07) is 80.1. The van der Waals surface area contributed by atoms with Crippen molar-refractivity contribution >= 4 is 86.8 Å². The molecule has 69 heavy (non-hydrogen) atoms. The van der Waals surface area contributed by atoms with Crippen LogP contribution in [-0.4, -0.2) is 19.1 Å². The molecule has 322 valence electrons. The fourth-order valence-corrected chi connectivity index (χ4v) is 12.1. The van der Waals surface area contributed by atoms with Crippen LogP contribution in [0.25, 0.3) is 132 Å². The minimum atomic E-state index is -0.126. The first-order valence-electron chi connectivity index (χ1n) is 23.9. The van der Waals surface area contributed by atoms with E-state index in [1.807, 2.05) is 0 Å². The first-order chi connectivity index (χ1) is 34.0. The van der Waals surface area contributed by atoms with Gasteiger partial charge in [-0.1, -0.05) is 172 Å². The van der Waals surface area contributed by atoms with Crippen LogP contribution in [0.5, 0.6) is 0 Å². The molecule has 0 saturated heterocycles. The minimum Gasteiger partial charge on any atom is -0.309 e. The first kappa shape index (κ1) is 38.3. The van der Waals surface area contributed by atoms with Crippen LogP contribution in [0, 0.1) is 0 Å². The third-order valence-corrected chi connectivity index (χ3v) is 15.3. The van der Waals surface area contributed by atoms with Crippen LogP contribution in [0.2, 0.25) is 0 Å². The molecular weight excluding hydrogens is 837 g/mol. The van der Waals surface area contributed by atoms with Crippen LogP contribution in [-0.2, 0) is 5.41 Å². The Morgan fingerprint density at radius 2 is 1.03 bits per heavy atom. The second kappa shape index (κ2) is 14.1. The zero-order valence-corrected chi connectivity index (χ0v) is 38.1. The maximum absolute atomic E-state index is 5.49. The maximum Gasteiger partial charge on any atom is 0.160 e. The van der Waals surface area contributed by atoms with Gasteiger partial charge in [-0.25, -0.2) is 9.97 Å². The Morgan fingerprint density at radius 3 is 1.90 bits per heavy atom. The number of rotatable bonds is 4. The van der Waals surface area contributed by atoms with Crippen LogP contribution in [0.15, 0.2) is 218 Å². The lowest BCUT2D eigenvalue weighted by atomic mass is 9.82. The van der Waals surface area contributed by atoms with E-state index in [0.29, 0.717) is 0 Å². The summed E-state index contributed by atoms with van der Waals surface area (Å²) in [7, 11) is 0. The number of hydrogen-bond donors (Lipinski definition) is 0. The Bertz CT molecular complexity index is 4530. The van der Waals surface area contributed by atoms with Gasteiger partial charge in [-0.15, -0.1) is 0 Å². The van der Waals surface area contributed by atoms with Crippen molar-refractivity contribution in [2.24, 2.45) is 0 Å². The molecular formula is C65H42N4. The third kappa shape index (κ3) is 5.40. The van der Waals surface area contributed by atoms with E-state index in [0.717, 1.165) is 55.7 Å². The van der Waals surface area contributed by atoms with Crippen LogP contribution in [0.4, 0.5) is 0 Å². The van der Waals surface area contributed by atoms with E-state index in [4.69, 9.17) is 9.97 Å². The average molecular weight is 879 g/mol. The molecule has 0 radical (unpaired) electrons. The standard InChI is InChI=1S/C65H42N4/c1-65(2)54-23-11-7-18-46(54)47-31-28-41(37-55(47)65)64-66-56-24-12-8-21-51(56)63(67-64)50-32-34-59(48-19-6-5-17-45(48)50)69-57-25-13-9-20-49(57)53-36-42-35-43(30-27-40(42)38-61(53)69)68-58-26-14-10-22-52(58)62-44-16-4-3-15-39(44)29-33-60(62)68/h3-38H,1-2H3. The Kier molecular flexibility index (Phi) is 7.81. The van der Waals surface area contributed by atoms with Gasteiger partial charge < -0.3 is 9.13 Å². The Balaban J connectivity index is 0.902. The van der Waals surface area contributed by atoms with Gasteiger partial charge in [0.1, 0.15) is 0 Å². The van der Waals surface area contributed by atoms with Gasteiger partial charge in [-0.3, -0.25) is 0 Å². The summed E-state index contributed by atoms with van der Waals surface area (Å²) < 4.78 is 4.91. The van der Waals surface area contributed by atoms with E-state index in [2.05, 4.69) is 241 Å². The number of para-hydroxylation sites is 3. The predicted octanol–water partition coefficient (Wildman–Crippen LogP) is 16.9. The van der Waals surface area contributed by atoms with Gasteiger partial charge in [0.2, 0.25) is 0 Å². The molecule has 0 fully saturated rings. The zero-order valence-electron chi connectivity index (χ0n) is 38.1. The quantitative estimate of drug-likeness (QED) is 0.177. The highest BCUT2D eigenvalue weighted by Gasteiger charge is 2.35. The molecule has 0 saturated carbocycles. The molecule has 15 rings (SSSR count). The lowest BCUT2D eigenvalue weighted by Crippen LogP contribution is -2.15. The predicted molar refractivity (Wildman–Crippen MR) is 289 cm³/mol. The van der Waals surface area contributed by atoms with E-state index in [9.17, 15) is 0 Å². The van der Waals surface area contributed by atoms with Gasteiger partial charge in [0.15, 0.2) is 5.82 Å². The molecule has 0 unspecified atom stereocenters. The van der Waals surface area contributed by atoms with Crippen molar-refractivity contribution in [3.8, 4) is 45.1 Å².